The normalized spacial score (nSPS) is 11.4. The van der Waals surface area contributed by atoms with Crippen LogP contribution in [0, 0.1) is 5.92 Å². The molecule has 0 aliphatic rings. The highest BCUT2D eigenvalue weighted by atomic mass is 16.1. The van der Waals surface area contributed by atoms with Gasteiger partial charge in [-0.2, -0.15) is 0 Å². The molecule has 1 aromatic carbocycles. The summed E-state index contributed by atoms with van der Waals surface area (Å²) in [5.41, 5.74) is 2.99. The summed E-state index contributed by atoms with van der Waals surface area (Å²) in [6.45, 7) is 11.6. The van der Waals surface area contributed by atoms with Crippen LogP contribution in [0.5, 0.6) is 0 Å². The Morgan fingerprint density at radius 1 is 1.12 bits per heavy atom. The Morgan fingerprint density at radius 2 is 1.80 bits per heavy atom. The Morgan fingerprint density at radius 3 is 2.40 bits per heavy atom. The fourth-order valence-electron chi connectivity index (χ4n) is 2.42. The number of hydrogen-bond donors (Lipinski definition) is 2. The average Bonchev–Trinajstić information content (AvgIpc) is 2.54. The highest BCUT2D eigenvalue weighted by Gasteiger charge is 2.13. The van der Waals surface area contributed by atoms with Crippen LogP contribution in [-0.4, -0.2) is 17.4 Å². The summed E-state index contributed by atoms with van der Waals surface area (Å²) in [6, 6.07) is 11.8. The highest BCUT2D eigenvalue weighted by Crippen LogP contribution is 2.24. The van der Waals surface area contributed by atoms with E-state index in [1.807, 2.05) is 12.1 Å². The zero-order chi connectivity index (χ0) is 18.4. The third-order valence-electron chi connectivity index (χ3n) is 4.05. The van der Waals surface area contributed by atoms with Crippen molar-refractivity contribution in [1.29, 1.82) is 0 Å². The number of hydrogen-bond acceptors (Lipinski definition) is 3. The molecule has 4 heteroatoms. The summed E-state index contributed by atoms with van der Waals surface area (Å²) >= 11 is 0. The molecule has 1 heterocycles. The van der Waals surface area contributed by atoms with Crippen LogP contribution < -0.4 is 10.6 Å². The standard InChI is InChI=1S/C21H29N3O/c1-15(2)10-12-23-20(25)16-11-13-22-19(14-16)24-18-8-6-17(7-9-18)21(3,4)5/h6-9,11,13-15H,10,12H2,1-5H3,(H,22,24)(H,23,25). The number of carbonyl (C=O) groups is 1. The predicted molar refractivity (Wildman–Crippen MR) is 104 cm³/mol. The maximum absolute atomic E-state index is 12.2. The van der Waals surface area contributed by atoms with E-state index in [4.69, 9.17) is 0 Å². The van der Waals surface area contributed by atoms with E-state index in [-0.39, 0.29) is 11.3 Å². The van der Waals surface area contributed by atoms with Gasteiger partial charge in [-0.3, -0.25) is 4.79 Å². The van der Waals surface area contributed by atoms with Crippen LogP contribution >= 0.6 is 0 Å². The van der Waals surface area contributed by atoms with Gasteiger partial charge in [0.05, 0.1) is 0 Å². The minimum absolute atomic E-state index is 0.0609. The first-order valence-electron chi connectivity index (χ1n) is 8.87. The summed E-state index contributed by atoms with van der Waals surface area (Å²) in [5, 5.41) is 6.21. The minimum atomic E-state index is -0.0609. The molecule has 0 unspecified atom stereocenters. The van der Waals surface area contributed by atoms with Crippen molar-refractivity contribution in [2.75, 3.05) is 11.9 Å². The van der Waals surface area contributed by atoms with Gasteiger partial charge in [-0.1, -0.05) is 46.8 Å². The Labute approximate surface area is 151 Å². The quantitative estimate of drug-likeness (QED) is 0.787. The number of nitrogens with one attached hydrogen (secondary N) is 2. The van der Waals surface area contributed by atoms with Crippen molar-refractivity contribution in [3.8, 4) is 0 Å². The molecular formula is C21H29N3O. The highest BCUT2D eigenvalue weighted by molar-refractivity contribution is 5.94. The third-order valence-corrected chi connectivity index (χ3v) is 4.05. The molecule has 0 atom stereocenters. The van der Waals surface area contributed by atoms with Crippen LogP contribution in [0.2, 0.25) is 0 Å². The van der Waals surface area contributed by atoms with E-state index < -0.39 is 0 Å². The van der Waals surface area contributed by atoms with Gasteiger partial charge >= 0.3 is 0 Å². The van der Waals surface area contributed by atoms with Crippen molar-refractivity contribution in [2.45, 2.75) is 46.5 Å². The summed E-state index contributed by atoms with van der Waals surface area (Å²) < 4.78 is 0. The lowest BCUT2D eigenvalue weighted by Crippen LogP contribution is -2.25. The Bertz CT molecular complexity index is 700. The number of pyridine rings is 1. The van der Waals surface area contributed by atoms with Gasteiger partial charge in [0.1, 0.15) is 5.82 Å². The van der Waals surface area contributed by atoms with Gasteiger partial charge in [0.15, 0.2) is 0 Å². The first-order chi connectivity index (χ1) is 11.8. The van der Waals surface area contributed by atoms with E-state index in [9.17, 15) is 4.79 Å². The van der Waals surface area contributed by atoms with Gasteiger partial charge in [0.2, 0.25) is 0 Å². The molecule has 0 saturated heterocycles. The Balaban J connectivity index is 2.02. The zero-order valence-corrected chi connectivity index (χ0v) is 15.9. The fraction of sp³-hybridized carbons (Fsp3) is 0.429. The number of benzene rings is 1. The molecule has 2 N–H and O–H groups in total. The molecule has 25 heavy (non-hydrogen) atoms. The largest absolute Gasteiger partial charge is 0.352 e. The van der Waals surface area contributed by atoms with E-state index in [0.29, 0.717) is 23.8 Å². The molecule has 4 nitrogen and oxygen atoms in total. The Hall–Kier alpha value is -2.36. The molecule has 0 radical (unpaired) electrons. The van der Waals surface area contributed by atoms with Gasteiger partial charge in [0, 0.05) is 24.0 Å². The smallest absolute Gasteiger partial charge is 0.251 e. The topological polar surface area (TPSA) is 54.0 Å². The molecule has 0 bridgehead atoms. The fourth-order valence-corrected chi connectivity index (χ4v) is 2.42. The van der Waals surface area contributed by atoms with Crippen LogP contribution in [-0.2, 0) is 5.41 Å². The molecule has 2 aromatic rings. The van der Waals surface area contributed by atoms with E-state index in [1.54, 1.807) is 18.3 Å². The summed E-state index contributed by atoms with van der Waals surface area (Å²) in [4.78, 5) is 16.5. The van der Waals surface area contributed by atoms with E-state index >= 15 is 0 Å². The number of rotatable bonds is 6. The molecule has 2 rings (SSSR count). The number of nitrogens with zero attached hydrogens (tertiary/aromatic N) is 1. The minimum Gasteiger partial charge on any atom is -0.352 e. The number of carbonyl (C=O) groups excluding carboxylic acids is 1. The maximum Gasteiger partial charge on any atom is 0.251 e. The number of anilines is 2. The van der Waals surface area contributed by atoms with Crippen molar-refractivity contribution < 1.29 is 4.79 Å². The van der Waals surface area contributed by atoms with E-state index in [2.05, 4.69) is 62.4 Å². The van der Waals surface area contributed by atoms with Crippen molar-refractivity contribution in [2.24, 2.45) is 5.92 Å². The predicted octanol–water partition coefficient (Wildman–Crippen LogP) is 4.90. The van der Waals surface area contributed by atoms with E-state index in [0.717, 1.165) is 12.1 Å². The molecule has 0 fully saturated rings. The molecule has 0 saturated carbocycles. The van der Waals surface area contributed by atoms with Gasteiger partial charge in [-0.15, -0.1) is 0 Å². The third kappa shape index (κ3) is 5.89. The van der Waals surface area contributed by atoms with Crippen molar-refractivity contribution in [3.05, 3.63) is 53.7 Å². The van der Waals surface area contributed by atoms with Crippen molar-refractivity contribution in [3.63, 3.8) is 0 Å². The molecule has 1 aromatic heterocycles. The van der Waals surface area contributed by atoms with Crippen molar-refractivity contribution >= 4 is 17.4 Å². The molecule has 0 aliphatic carbocycles. The summed E-state index contributed by atoms with van der Waals surface area (Å²) in [5.74, 6) is 1.18. The summed E-state index contributed by atoms with van der Waals surface area (Å²) in [7, 11) is 0. The summed E-state index contributed by atoms with van der Waals surface area (Å²) in [6.07, 6.45) is 2.63. The van der Waals surface area contributed by atoms with Gasteiger partial charge in [0.25, 0.3) is 5.91 Å². The van der Waals surface area contributed by atoms with Gasteiger partial charge in [-0.05, 0) is 47.6 Å². The Kier molecular flexibility index (Phi) is 6.18. The van der Waals surface area contributed by atoms with Crippen LogP contribution in [0.1, 0.15) is 57.0 Å². The second-order valence-corrected chi connectivity index (χ2v) is 7.82. The average molecular weight is 339 g/mol. The number of amides is 1. The second kappa shape index (κ2) is 8.15. The van der Waals surface area contributed by atoms with Crippen molar-refractivity contribution in [1.82, 2.24) is 10.3 Å². The lowest BCUT2D eigenvalue weighted by atomic mass is 9.87. The van der Waals surface area contributed by atoms with Crippen LogP contribution in [0.4, 0.5) is 11.5 Å². The van der Waals surface area contributed by atoms with Crippen LogP contribution in [0.25, 0.3) is 0 Å². The molecular weight excluding hydrogens is 310 g/mol. The lowest BCUT2D eigenvalue weighted by Gasteiger charge is -2.19. The first-order valence-corrected chi connectivity index (χ1v) is 8.87. The maximum atomic E-state index is 12.2. The van der Waals surface area contributed by atoms with Crippen LogP contribution in [0.3, 0.4) is 0 Å². The SMILES string of the molecule is CC(C)CCNC(=O)c1ccnc(Nc2ccc(C(C)(C)C)cc2)c1. The van der Waals surface area contributed by atoms with Gasteiger partial charge in [-0.25, -0.2) is 4.98 Å². The molecule has 134 valence electrons. The van der Waals surface area contributed by atoms with E-state index in [1.165, 1.54) is 5.56 Å². The number of aromatic nitrogens is 1. The first kappa shape index (κ1) is 19.0. The molecule has 0 aliphatic heterocycles. The second-order valence-electron chi connectivity index (χ2n) is 7.82. The van der Waals surface area contributed by atoms with Gasteiger partial charge < -0.3 is 10.6 Å². The monoisotopic (exact) mass is 339 g/mol. The molecule has 1 amide bonds. The zero-order valence-electron chi connectivity index (χ0n) is 15.9. The van der Waals surface area contributed by atoms with Crippen LogP contribution in [0.15, 0.2) is 42.6 Å². The molecule has 0 spiro atoms. The lowest BCUT2D eigenvalue weighted by molar-refractivity contribution is 0.0952.